The minimum atomic E-state index is -0.349. The van der Waals surface area contributed by atoms with Crippen LogP contribution in [0.3, 0.4) is 0 Å². The average Bonchev–Trinajstić information content (AvgIpc) is 2.67. The van der Waals surface area contributed by atoms with Gasteiger partial charge in [0, 0.05) is 19.3 Å². The van der Waals surface area contributed by atoms with Crippen LogP contribution in [0.1, 0.15) is 11.7 Å². The fraction of sp³-hybridized carbons (Fsp3) is 0.211. The Hall–Kier alpha value is -3.19. The number of hydrogen-bond acceptors (Lipinski definition) is 6. The standard InChI is InChI=1S/C19H17N3O4/c23-14-4-1-3-13(11-14)18-12-21(9-10-26-18)17-7-6-16-15(5-2-8-20-16)19(17)22(24)25/h1-8,11,18,23H,9-10,12H2/t18-/m0/s1. The van der Waals surface area contributed by atoms with Crippen LogP contribution in [-0.4, -0.2) is 34.7 Å². The number of ether oxygens (including phenoxy) is 1. The Morgan fingerprint density at radius 3 is 2.92 bits per heavy atom. The maximum atomic E-state index is 11.8. The molecule has 1 aliphatic heterocycles. The Kier molecular flexibility index (Phi) is 4.14. The summed E-state index contributed by atoms with van der Waals surface area (Å²) in [6.45, 7) is 1.47. The van der Waals surface area contributed by atoms with E-state index in [0.29, 0.717) is 36.3 Å². The molecule has 1 atom stereocenters. The van der Waals surface area contributed by atoms with Crippen LogP contribution in [0.2, 0.25) is 0 Å². The number of rotatable bonds is 3. The van der Waals surface area contributed by atoms with Crippen molar-refractivity contribution in [3.8, 4) is 5.75 Å². The number of nitro groups is 1. The van der Waals surface area contributed by atoms with Crippen LogP contribution in [0.25, 0.3) is 10.9 Å². The zero-order valence-electron chi connectivity index (χ0n) is 13.9. The van der Waals surface area contributed by atoms with Gasteiger partial charge in [-0.05, 0) is 42.0 Å². The van der Waals surface area contributed by atoms with Crippen molar-refractivity contribution in [2.24, 2.45) is 0 Å². The van der Waals surface area contributed by atoms with Gasteiger partial charge in [-0.15, -0.1) is 0 Å². The number of fused-ring (bicyclic) bond motifs is 1. The van der Waals surface area contributed by atoms with E-state index in [-0.39, 0.29) is 22.5 Å². The Morgan fingerprint density at radius 2 is 2.12 bits per heavy atom. The van der Waals surface area contributed by atoms with Crippen LogP contribution >= 0.6 is 0 Å². The summed E-state index contributed by atoms with van der Waals surface area (Å²) in [4.78, 5) is 17.6. The second-order valence-corrected chi connectivity index (χ2v) is 6.16. The van der Waals surface area contributed by atoms with Crippen LogP contribution in [0, 0.1) is 10.1 Å². The number of phenols is 1. The Labute approximate surface area is 149 Å². The first-order chi connectivity index (χ1) is 12.6. The van der Waals surface area contributed by atoms with Gasteiger partial charge in [-0.3, -0.25) is 15.1 Å². The van der Waals surface area contributed by atoms with Crippen molar-refractivity contribution in [2.45, 2.75) is 6.10 Å². The van der Waals surface area contributed by atoms with Crippen molar-refractivity contribution in [3.63, 3.8) is 0 Å². The number of hydrogen-bond donors (Lipinski definition) is 1. The van der Waals surface area contributed by atoms with Gasteiger partial charge in [0.05, 0.1) is 22.4 Å². The number of nitrogens with zero attached hydrogens (tertiary/aromatic N) is 3. The van der Waals surface area contributed by atoms with E-state index < -0.39 is 0 Å². The summed E-state index contributed by atoms with van der Waals surface area (Å²) >= 11 is 0. The van der Waals surface area contributed by atoms with E-state index in [0.717, 1.165) is 5.56 Å². The van der Waals surface area contributed by atoms with Crippen molar-refractivity contribution in [1.82, 2.24) is 4.98 Å². The third-order valence-corrected chi connectivity index (χ3v) is 4.57. The molecule has 1 aliphatic rings. The highest BCUT2D eigenvalue weighted by Crippen LogP contribution is 2.37. The molecule has 7 heteroatoms. The molecular formula is C19H17N3O4. The number of aromatic hydroxyl groups is 1. The second-order valence-electron chi connectivity index (χ2n) is 6.16. The number of nitro benzene ring substituents is 1. The zero-order valence-corrected chi connectivity index (χ0v) is 13.9. The third-order valence-electron chi connectivity index (χ3n) is 4.57. The maximum absolute atomic E-state index is 11.8. The Balaban J connectivity index is 1.73. The smallest absolute Gasteiger partial charge is 0.301 e. The van der Waals surface area contributed by atoms with Crippen LogP contribution in [-0.2, 0) is 4.74 Å². The van der Waals surface area contributed by atoms with E-state index in [1.165, 1.54) is 0 Å². The Morgan fingerprint density at radius 1 is 1.23 bits per heavy atom. The predicted octanol–water partition coefficient (Wildman–Crippen LogP) is 3.43. The molecule has 3 aromatic rings. The van der Waals surface area contributed by atoms with Gasteiger partial charge in [0.2, 0.25) is 0 Å². The maximum Gasteiger partial charge on any atom is 0.301 e. The Bertz CT molecular complexity index is 976. The molecule has 0 aliphatic carbocycles. The average molecular weight is 351 g/mol. The number of phenolic OH excluding ortho intramolecular Hbond substituents is 1. The van der Waals surface area contributed by atoms with Crippen molar-refractivity contribution in [3.05, 3.63) is 70.4 Å². The van der Waals surface area contributed by atoms with Crippen molar-refractivity contribution < 1.29 is 14.8 Å². The molecule has 0 spiro atoms. The molecule has 7 nitrogen and oxygen atoms in total. The summed E-state index contributed by atoms with van der Waals surface area (Å²) in [5, 5.41) is 22.0. The topological polar surface area (TPSA) is 88.7 Å². The summed E-state index contributed by atoms with van der Waals surface area (Å²) in [5.74, 6) is 0.172. The SMILES string of the molecule is O=[N+]([O-])c1c(N2CCO[C@H](c3cccc(O)c3)C2)ccc2ncccc12. The quantitative estimate of drug-likeness (QED) is 0.574. The van der Waals surface area contributed by atoms with Crippen molar-refractivity contribution in [2.75, 3.05) is 24.6 Å². The van der Waals surface area contributed by atoms with Gasteiger partial charge in [-0.1, -0.05) is 12.1 Å². The lowest BCUT2D eigenvalue weighted by molar-refractivity contribution is -0.382. The summed E-state index contributed by atoms with van der Waals surface area (Å²) in [7, 11) is 0. The number of aromatic nitrogens is 1. The largest absolute Gasteiger partial charge is 0.508 e. The van der Waals surface area contributed by atoms with Crippen LogP contribution in [0.15, 0.2) is 54.7 Å². The zero-order chi connectivity index (χ0) is 18.1. The number of morpholine rings is 1. The highest BCUT2D eigenvalue weighted by Gasteiger charge is 2.28. The molecule has 0 saturated carbocycles. The molecule has 4 rings (SSSR count). The summed E-state index contributed by atoms with van der Waals surface area (Å²) in [6, 6.07) is 13.9. The fourth-order valence-corrected chi connectivity index (χ4v) is 3.37. The molecular weight excluding hydrogens is 334 g/mol. The van der Waals surface area contributed by atoms with Gasteiger partial charge in [0.1, 0.15) is 17.5 Å². The summed E-state index contributed by atoms with van der Waals surface area (Å²) in [6.07, 6.45) is 1.36. The van der Waals surface area contributed by atoms with Crippen LogP contribution < -0.4 is 4.90 Å². The van der Waals surface area contributed by atoms with Gasteiger partial charge in [0.25, 0.3) is 0 Å². The first-order valence-corrected chi connectivity index (χ1v) is 8.31. The number of benzene rings is 2. The summed E-state index contributed by atoms with van der Waals surface area (Å²) < 4.78 is 5.82. The lowest BCUT2D eigenvalue weighted by Crippen LogP contribution is -2.38. The van der Waals surface area contributed by atoms with E-state index in [2.05, 4.69) is 4.98 Å². The number of pyridine rings is 1. The lowest BCUT2D eigenvalue weighted by atomic mass is 10.1. The molecule has 1 N–H and O–H groups in total. The number of anilines is 1. The molecule has 1 fully saturated rings. The minimum Gasteiger partial charge on any atom is -0.508 e. The highest BCUT2D eigenvalue weighted by molar-refractivity contribution is 5.94. The third kappa shape index (κ3) is 2.93. The van der Waals surface area contributed by atoms with Gasteiger partial charge < -0.3 is 14.7 Å². The molecule has 1 aromatic heterocycles. The predicted molar refractivity (Wildman–Crippen MR) is 97.4 cm³/mol. The lowest BCUT2D eigenvalue weighted by Gasteiger charge is -2.34. The van der Waals surface area contributed by atoms with Crippen molar-refractivity contribution >= 4 is 22.3 Å². The van der Waals surface area contributed by atoms with E-state index >= 15 is 0 Å². The molecule has 1 saturated heterocycles. The van der Waals surface area contributed by atoms with Crippen LogP contribution in [0.5, 0.6) is 5.75 Å². The van der Waals surface area contributed by atoms with Crippen LogP contribution in [0.4, 0.5) is 11.4 Å². The molecule has 0 radical (unpaired) electrons. The molecule has 0 amide bonds. The molecule has 26 heavy (non-hydrogen) atoms. The van der Waals surface area contributed by atoms with Gasteiger partial charge in [0.15, 0.2) is 0 Å². The van der Waals surface area contributed by atoms with Crippen molar-refractivity contribution in [1.29, 1.82) is 0 Å². The van der Waals surface area contributed by atoms with E-state index in [1.54, 1.807) is 48.7 Å². The van der Waals surface area contributed by atoms with Gasteiger partial charge in [-0.25, -0.2) is 0 Å². The normalized spacial score (nSPS) is 17.4. The second kappa shape index (κ2) is 6.61. The first kappa shape index (κ1) is 16.3. The molecule has 2 heterocycles. The van der Waals surface area contributed by atoms with Gasteiger partial charge in [-0.2, -0.15) is 0 Å². The van der Waals surface area contributed by atoms with E-state index in [1.807, 2.05) is 11.0 Å². The fourth-order valence-electron chi connectivity index (χ4n) is 3.37. The van der Waals surface area contributed by atoms with Gasteiger partial charge >= 0.3 is 5.69 Å². The monoisotopic (exact) mass is 351 g/mol. The minimum absolute atomic E-state index is 0.0622. The summed E-state index contributed by atoms with van der Waals surface area (Å²) in [5.41, 5.74) is 2.07. The van der Waals surface area contributed by atoms with E-state index in [9.17, 15) is 15.2 Å². The molecule has 0 unspecified atom stereocenters. The molecule has 132 valence electrons. The van der Waals surface area contributed by atoms with E-state index in [4.69, 9.17) is 4.74 Å². The molecule has 2 aromatic carbocycles. The first-order valence-electron chi connectivity index (χ1n) is 8.31. The molecule has 0 bridgehead atoms. The highest BCUT2D eigenvalue weighted by atomic mass is 16.6.